The Morgan fingerprint density at radius 3 is 2.80 bits per heavy atom. The molecule has 1 aliphatic heterocycles. The molecule has 0 aromatic carbocycles. The van der Waals surface area contributed by atoms with Crippen LogP contribution in [0.1, 0.15) is 31.0 Å². The van der Waals surface area contributed by atoms with Crippen molar-refractivity contribution in [2.75, 3.05) is 24.6 Å². The van der Waals surface area contributed by atoms with Crippen LogP contribution in [0, 0.1) is 6.92 Å². The number of hydrogen-bond acceptors (Lipinski definition) is 5. The average Bonchev–Trinajstić information content (AvgIpc) is 2.47. The molecule has 2 rings (SSSR count). The maximum atomic E-state index is 8.89. The fraction of sp³-hybridized carbons (Fsp3) is 0.571. The highest BCUT2D eigenvalue weighted by molar-refractivity contribution is 6.01. The molecule has 110 valence electrons. The second-order valence-electron chi connectivity index (χ2n) is 4.95. The molecule has 3 N–H and O–H groups in total. The van der Waals surface area contributed by atoms with Gasteiger partial charge in [0.05, 0.1) is 11.7 Å². The first-order valence-corrected chi connectivity index (χ1v) is 6.97. The third kappa shape index (κ3) is 3.19. The molecule has 0 amide bonds. The quantitative estimate of drug-likeness (QED) is 0.377. The molecule has 0 saturated carbocycles. The highest BCUT2D eigenvalue weighted by atomic mass is 16.5. The lowest BCUT2D eigenvalue weighted by Crippen LogP contribution is -2.38. The molecule has 1 saturated heterocycles. The third-order valence-electron chi connectivity index (χ3n) is 3.54. The fourth-order valence-electron chi connectivity index (χ4n) is 2.51. The smallest absolute Gasteiger partial charge is 0.173 e. The summed E-state index contributed by atoms with van der Waals surface area (Å²) in [6.45, 7) is 6.44. The summed E-state index contributed by atoms with van der Waals surface area (Å²) in [6, 6.07) is 3.71. The van der Waals surface area contributed by atoms with E-state index in [1.807, 2.05) is 26.0 Å². The molecule has 1 aromatic rings. The molecule has 6 heteroatoms. The Kier molecular flexibility index (Phi) is 4.79. The number of piperidine rings is 1. The molecule has 1 aliphatic rings. The van der Waals surface area contributed by atoms with Crippen LogP contribution in [-0.4, -0.2) is 41.8 Å². The van der Waals surface area contributed by atoms with Gasteiger partial charge in [0.2, 0.25) is 0 Å². The molecule has 1 aromatic heterocycles. The highest BCUT2D eigenvalue weighted by Crippen LogP contribution is 2.23. The largest absolute Gasteiger partial charge is 0.409 e. The Labute approximate surface area is 119 Å². The van der Waals surface area contributed by atoms with Crippen LogP contribution in [-0.2, 0) is 4.74 Å². The van der Waals surface area contributed by atoms with Crippen molar-refractivity contribution < 1.29 is 9.94 Å². The minimum absolute atomic E-state index is 0.0967. The van der Waals surface area contributed by atoms with Crippen molar-refractivity contribution in [3.05, 3.63) is 23.4 Å². The van der Waals surface area contributed by atoms with Gasteiger partial charge in [0, 0.05) is 25.4 Å². The van der Waals surface area contributed by atoms with Crippen LogP contribution in [0.5, 0.6) is 0 Å². The molecule has 0 unspecified atom stereocenters. The SMILES string of the molecule is CCOC1CCN(c2nc(C)ccc2C(N)=NO)CC1. The van der Waals surface area contributed by atoms with Crippen molar-refractivity contribution in [1.29, 1.82) is 0 Å². The van der Waals surface area contributed by atoms with Gasteiger partial charge in [-0.25, -0.2) is 4.98 Å². The van der Waals surface area contributed by atoms with Crippen molar-refractivity contribution in [3.8, 4) is 0 Å². The van der Waals surface area contributed by atoms with Crippen LogP contribution in [0.3, 0.4) is 0 Å². The topological polar surface area (TPSA) is 84.0 Å². The van der Waals surface area contributed by atoms with Crippen LogP contribution >= 0.6 is 0 Å². The molecule has 0 atom stereocenters. The van der Waals surface area contributed by atoms with E-state index >= 15 is 0 Å². The van der Waals surface area contributed by atoms with Gasteiger partial charge in [0.15, 0.2) is 5.84 Å². The summed E-state index contributed by atoms with van der Waals surface area (Å²) in [5, 5.41) is 12.0. The van der Waals surface area contributed by atoms with Gasteiger partial charge >= 0.3 is 0 Å². The third-order valence-corrected chi connectivity index (χ3v) is 3.54. The van der Waals surface area contributed by atoms with Crippen molar-refractivity contribution in [1.82, 2.24) is 4.98 Å². The maximum absolute atomic E-state index is 8.89. The predicted octanol–water partition coefficient (Wildman–Crippen LogP) is 1.49. The van der Waals surface area contributed by atoms with Crippen LogP contribution in [0.15, 0.2) is 17.3 Å². The Morgan fingerprint density at radius 1 is 1.50 bits per heavy atom. The Hall–Kier alpha value is -1.82. The summed E-state index contributed by atoms with van der Waals surface area (Å²) in [5.74, 6) is 0.884. The van der Waals surface area contributed by atoms with Gasteiger partial charge in [-0.3, -0.25) is 0 Å². The maximum Gasteiger partial charge on any atom is 0.173 e. The average molecular weight is 278 g/mol. The van der Waals surface area contributed by atoms with E-state index in [1.165, 1.54) is 0 Å². The molecule has 0 aliphatic carbocycles. The molecular weight excluding hydrogens is 256 g/mol. The predicted molar refractivity (Wildman–Crippen MR) is 78.3 cm³/mol. The van der Waals surface area contributed by atoms with Gasteiger partial charge < -0.3 is 20.6 Å². The Balaban J connectivity index is 2.18. The highest BCUT2D eigenvalue weighted by Gasteiger charge is 2.23. The van der Waals surface area contributed by atoms with E-state index in [9.17, 15) is 0 Å². The zero-order chi connectivity index (χ0) is 14.5. The minimum Gasteiger partial charge on any atom is -0.409 e. The number of pyridine rings is 1. The van der Waals surface area contributed by atoms with Crippen LogP contribution in [0.2, 0.25) is 0 Å². The zero-order valence-electron chi connectivity index (χ0n) is 12.0. The lowest BCUT2D eigenvalue weighted by molar-refractivity contribution is 0.0458. The zero-order valence-corrected chi connectivity index (χ0v) is 12.0. The summed E-state index contributed by atoms with van der Waals surface area (Å²) >= 11 is 0. The van der Waals surface area contributed by atoms with Gasteiger partial charge in [-0.05, 0) is 38.8 Å². The van der Waals surface area contributed by atoms with Crippen molar-refractivity contribution in [2.24, 2.45) is 10.9 Å². The van der Waals surface area contributed by atoms with Gasteiger partial charge in [0.1, 0.15) is 5.82 Å². The van der Waals surface area contributed by atoms with E-state index in [2.05, 4.69) is 15.0 Å². The standard InChI is InChI=1S/C14H22N4O2/c1-3-20-11-6-8-18(9-7-11)14-12(13(15)17-19)5-4-10(2)16-14/h4-5,11,19H,3,6-9H2,1-2H3,(H2,15,17). The molecule has 0 spiro atoms. The normalized spacial score (nSPS) is 17.5. The van der Waals surface area contributed by atoms with Crippen molar-refractivity contribution in [2.45, 2.75) is 32.8 Å². The number of anilines is 1. The van der Waals surface area contributed by atoms with Crippen molar-refractivity contribution >= 4 is 11.7 Å². The molecule has 0 bridgehead atoms. The fourth-order valence-corrected chi connectivity index (χ4v) is 2.51. The number of oxime groups is 1. The lowest BCUT2D eigenvalue weighted by Gasteiger charge is -2.33. The Bertz CT molecular complexity index is 482. The molecule has 2 heterocycles. The Morgan fingerprint density at radius 2 is 2.20 bits per heavy atom. The number of ether oxygens (including phenoxy) is 1. The summed E-state index contributed by atoms with van der Waals surface area (Å²) < 4.78 is 5.65. The number of nitrogens with two attached hydrogens (primary N) is 1. The van der Waals surface area contributed by atoms with E-state index in [0.29, 0.717) is 11.7 Å². The second kappa shape index (κ2) is 6.56. The van der Waals surface area contributed by atoms with Crippen LogP contribution < -0.4 is 10.6 Å². The van der Waals surface area contributed by atoms with E-state index in [1.54, 1.807) is 0 Å². The monoisotopic (exact) mass is 278 g/mol. The number of amidine groups is 1. The van der Waals surface area contributed by atoms with Crippen LogP contribution in [0.25, 0.3) is 0 Å². The molecule has 20 heavy (non-hydrogen) atoms. The van der Waals surface area contributed by atoms with E-state index in [0.717, 1.165) is 44.0 Å². The van der Waals surface area contributed by atoms with Gasteiger partial charge in [-0.15, -0.1) is 0 Å². The van der Waals surface area contributed by atoms with E-state index < -0.39 is 0 Å². The van der Waals surface area contributed by atoms with Gasteiger partial charge in [-0.2, -0.15) is 0 Å². The van der Waals surface area contributed by atoms with Crippen molar-refractivity contribution in [3.63, 3.8) is 0 Å². The molecule has 6 nitrogen and oxygen atoms in total. The number of aryl methyl sites for hydroxylation is 1. The summed E-state index contributed by atoms with van der Waals surface area (Å²) in [4.78, 5) is 6.73. The first kappa shape index (κ1) is 14.6. The first-order chi connectivity index (χ1) is 9.65. The number of aromatic nitrogens is 1. The first-order valence-electron chi connectivity index (χ1n) is 6.97. The minimum atomic E-state index is 0.0967. The lowest BCUT2D eigenvalue weighted by atomic mass is 10.1. The van der Waals surface area contributed by atoms with Gasteiger partial charge in [-0.1, -0.05) is 5.16 Å². The molecule has 1 fully saturated rings. The number of hydrogen-bond donors (Lipinski definition) is 2. The second-order valence-corrected chi connectivity index (χ2v) is 4.95. The number of nitrogens with zero attached hydrogens (tertiary/aromatic N) is 3. The summed E-state index contributed by atoms with van der Waals surface area (Å²) in [7, 11) is 0. The van der Waals surface area contributed by atoms with Gasteiger partial charge in [0.25, 0.3) is 0 Å². The van der Waals surface area contributed by atoms with E-state index in [-0.39, 0.29) is 5.84 Å². The van der Waals surface area contributed by atoms with E-state index in [4.69, 9.17) is 15.7 Å². The summed E-state index contributed by atoms with van der Waals surface area (Å²) in [5.41, 5.74) is 7.33. The molecule has 0 radical (unpaired) electrons. The summed E-state index contributed by atoms with van der Waals surface area (Å²) in [6.07, 6.45) is 2.27. The van der Waals surface area contributed by atoms with Crippen LogP contribution in [0.4, 0.5) is 5.82 Å². The number of rotatable bonds is 4. The molecular formula is C14H22N4O2.